The van der Waals surface area contributed by atoms with Crippen molar-refractivity contribution < 1.29 is 8.42 Å². The van der Waals surface area contributed by atoms with Gasteiger partial charge in [-0.3, -0.25) is 4.72 Å². The maximum Gasteiger partial charge on any atom is 0.271 e. The molecule has 0 fully saturated rings. The van der Waals surface area contributed by atoms with Crippen LogP contribution in [0.15, 0.2) is 36.7 Å². The SMILES string of the molecule is Cc1cc(Br)ccc1NS(=O)(=O)c1cc(C)c(Br)s1. The largest absolute Gasteiger partial charge is 0.279 e. The molecule has 0 unspecified atom stereocenters. The van der Waals surface area contributed by atoms with E-state index in [9.17, 15) is 8.42 Å². The summed E-state index contributed by atoms with van der Waals surface area (Å²) in [5.74, 6) is 0. The average Bonchev–Trinajstić information content (AvgIpc) is 2.64. The minimum absolute atomic E-state index is 0.305. The van der Waals surface area contributed by atoms with Crippen molar-refractivity contribution in [2.24, 2.45) is 0 Å². The molecule has 0 saturated heterocycles. The first kappa shape index (κ1) is 15.0. The fourth-order valence-corrected chi connectivity index (χ4v) is 5.33. The van der Waals surface area contributed by atoms with Crippen molar-refractivity contribution in [1.29, 1.82) is 0 Å². The first-order valence-corrected chi connectivity index (χ1v) is 9.23. The second kappa shape index (κ2) is 5.55. The summed E-state index contributed by atoms with van der Waals surface area (Å²) in [7, 11) is -3.53. The Labute approximate surface area is 133 Å². The van der Waals surface area contributed by atoms with Gasteiger partial charge in [-0.15, -0.1) is 11.3 Å². The van der Waals surface area contributed by atoms with Gasteiger partial charge >= 0.3 is 0 Å². The van der Waals surface area contributed by atoms with Crippen LogP contribution < -0.4 is 4.72 Å². The maximum absolute atomic E-state index is 12.3. The number of aryl methyl sites for hydroxylation is 2. The maximum atomic E-state index is 12.3. The molecule has 2 aromatic rings. The van der Waals surface area contributed by atoms with Gasteiger partial charge in [0.15, 0.2) is 0 Å². The first-order chi connectivity index (χ1) is 8.79. The van der Waals surface area contributed by atoms with Crippen LogP contribution in [-0.2, 0) is 10.0 Å². The third kappa shape index (κ3) is 3.39. The highest BCUT2D eigenvalue weighted by Gasteiger charge is 2.19. The molecular weight excluding hydrogens is 414 g/mol. The number of nitrogens with one attached hydrogen (secondary N) is 1. The van der Waals surface area contributed by atoms with Gasteiger partial charge in [-0.25, -0.2) is 8.42 Å². The minimum atomic E-state index is -3.53. The molecule has 0 spiro atoms. The second-order valence-corrected chi connectivity index (χ2v) is 9.28. The number of hydrogen-bond donors (Lipinski definition) is 1. The molecule has 1 aromatic heterocycles. The minimum Gasteiger partial charge on any atom is -0.279 e. The molecule has 0 aliphatic rings. The molecule has 1 heterocycles. The van der Waals surface area contributed by atoms with Gasteiger partial charge in [-0.1, -0.05) is 15.9 Å². The van der Waals surface area contributed by atoms with Gasteiger partial charge in [-0.2, -0.15) is 0 Å². The molecule has 0 amide bonds. The lowest BCUT2D eigenvalue weighted by Gasteiger charge is -2.09. The predicted octanol–water partition coefficient (Wildman–Crippen LogP) is 4.69. The van der Waals surface area contributed by atoms with E-state index in [1.54, 1.807) is 18.2 Å². The summed E-state index contributed by atoms with van der Waals surface area (Å²) in [6, 6.07) is 7.08. The zero-order chi connectivity index (χ0) is 14.2. The smallest absolute Gasteiger partial charge is 0.271 e. The number of sulfonamides is 1. The topological polar surface area (TPSA) is 46.2 Å². The van der Waals surface area contributed by atoms with Crippen LogP contribution in [-0.4, -0.2) is 8.42 Å². The summed E-state index contributed by atoms with van der Waals surface area (Å²) in [6.45, 7) is 3.72. The predicted molar refractivity (Wildman–Crippen MR) is 86.4 cm³/mol. The van der Waals surface area contributed by atoms with Crippen LogP contribution in [0, 0.1) is 13.8 Å². The van der Waals surface area contributed by atoms with E-state index in [1.807, 2.05) is 19.9 Å². The number of rotatable bonds is 3. The molecule has 0 radical (unpaired) electrons. The number of benzene rings is 1. The van der Waals surface area contributed by atoms with Crippen molar-refractivity contribution in [2.45, 2.75) is 18.1 Å². The van der Waals surface area contributed by atoms with Crippen LogP contribution in [0.25, 0.3) is 0 Å². The summed E-state index contributed by atoms with van der Waals surface area (Å²) in [5, 5.41) is 0. The molecule has 0 bridgehead atoms. The van der Waals surface area contributed by atoms with Crippen molar-refractivity contribution >= 4 is 58.9 Å². The number of thiophene rings is 1. The molecule has 0 atom stereocenters. The first-order valence-electron chi connectivity index (χ1n) is 5.34. The van der Waals surface area contributed by atoms with Crippen LogP contribution in [0.5, 0.6) is 0 Å². The molecule has 0 saturated carbocycles. The molecule has 102 valence electrons. The molecule has 7 heteroatoms. The van der Waals surface area contributed by atoms with E-state index < -0.39 is 10.0 Å². The van der Waals surface area contributed by atoms with E-state index >= 15 is 0 Å². The van der Waals surface area contributed by atoms with Gasteiger partial charge < -0.3 is 0 Å². The Hall–Kier alpha value is -0.370. The molecule has 3 nitrogen and oxygen atoms in total. The quantitative estimate of drug-likeness (QED) is 0.776. The average molecular weight is 425 g/mol. The Morgan fingerprint density at radius 3 is 2.32 bits per heavy atom. The summed E-state index contributed by atoms with van der Waals surface area (Å²) in [5.41, 5.74) is 2.37. The van der Waals surface area contributed by atoms with Crippen LogP contribution in [0.4, 0.5) is 5.69 Å². The Morgan fingerprint density at radius 1 is 1.11 bits per heavy atom. The lowest BCUT2D eigenvalue weighted by molar-refractivity contribution is 0.603. The van der Waals surface area contributed by atoms with E-state index in [-0.39, 0.29) is 0 Å². The van der Waals surface area contributed by atoms with E-state index in [1.165, 1.54) is 11.3 Å². The highest BCUT2D eigenvalue weighted by molar-refractivity contribution is 9.11. The summed E-state index contributed by atoms with van der Waals surface area (Å²) < 4.78 is 29.2. The lowest BCUT2D eigenvalue weighted by Crippen LogP contribution is -2.12. The molecule has 0 aliphatic heterocycles. The van der Waals surface area contributed by atoms with Crippen molar-refractivity contribution in [2.75, 3.05) is 4.72 Å². The van der Waals surface area contributed by atoms with Crippen LogP contribution >= 0.6 is 43.2 Å². The number of anilines is 1. The van der Waals surface area contributed by atoms with Crippen LogP contribution in [0.1, 0.15) is 11.1 Å². The van der Waals surface area contributed by atoms with Crippen molar-refractivity contribution in [1.82, 2.24) is 0 Å². The zero-order valence-corrected chi connectivity index (χ0v) is 15.0. The van der Waals surface area contributed by atoms with E-state index in [2.05, 4.69) is 36.6 Å². The molecular formula is C12H11Br2NO2S2. The summed E-state index contributed by atoms with van der Waals surface area (Å²) in [6.07, 6.45) is 0. The Kier molecular flexibility index (Phi) is 4.39. The lowest BCUT2D eigenvalue weighted by atomic mass is 10.2. The van der Waals surface area contributed by atoms with E-state index in [4.69, 9.17) is 0 Å². The van der Waals surface area contributed by atoms with Gasteiger partial charge in [0.25, 0.3) is 10.0 Å². The Balaban J connectivity index is 2.36. The third-order valence-corrected chi connectivity index (χ3v) is 7.00. The van der Waals surface area contributed by atoms with E-state index in [0.29, 0.717) is 9.90 Å². The summed E-state index contributed by atoms with van der Waals surface area (Å²) in [4.78, 5) is 0. The third-order valence-electron chi connectivity index (χ3n) is 2.53. The van der Waals surface area contributed by atoms with Gasteiger partial charge in [0.1, 0.15) is 4.21 Å². The van der Waals surface area contributed by atoms with Gasteiger partial charge in [0, 0.05) is 4.47 Å². The zero-order valence-electron chi connectivity index (χ0n) is 10.2. The fraction of sp³-hybridized carbons (Fsp3) is 0.167. The molecule has 2 rings (SSSR count). The molecule has 0 aliphatic carbocycles. The van der Waals surface area contributed by atoms with Crippen LogP contribution in [0.2, 0.25) is 0 Å². The molecule has 1 N–H and O–H groups in total. The standard InChI is InChI=1S/C12H11Br2NO2S2/c1-7-5-9(13)3-4-10(7)15-19(16,17)11-6-8(2)12(14)18-11/h3-6,15H,1-2H3. The normalized spacial score (nSPS) is 11.6. The van der Waals surface area contributed by atoms with Crippen molar-refractivity contribution in [3.8, 4) is 0 Å². The molecule has 1 aromatic carbocycles. The highest BCUT2D eigenvalue weighted by atomic mass is 79.9. The van der Waals surface area contributed by atoms with Crippen molar-refractivity contribution in [3.63, 3.8) is 0 Å². The Morgan fingerprint density at radius 2 is 1.79 bits per heavy atom. The monoisotopic (exact) mass is 423 g/mol. The number of halogens is 2. The Bertz CT molecular complexity index is 704. The van der Waals surface area contributed by atoms with Crippen molar-refractivity contribution in [3.05, 3.63) is 43.7 Å². The highest BCUT2D eigenvalue weighted by Crippen LogP contribution is 2.32. The van der Waals surface area contributed by atoms with E-state index in [0.717, 1.165) is 19.4 Å². The number of hydrogen-bond acceptors (Lipinski definition) is 3. The summed E-state index contributed by atoms with van der Waals surface area (Å²) >= 11 is 7.90. The van der Waals surface area contributed by atoms with Gasteiger partial charge in [0.05, 0.1) is 9.47 Å². The second-order valence-electron chi connectivity index (χ2n) is 4.09. The fourth-order valence-electron chi connectivity index (χ4n) is 1.50. The van der Waals surface area contributed by atoms with Crippen LogP contribution in [0.3, 0.4) is 0 Å². The van der Waals surface area contributed by atoms with Gasteiger partial charge in [-0.05, 0) is 65.2 Å². The van der Waals surface area contributed by atoms with Gasteiger partial charge in [0.2, 0.25) is 0 Å². The molecule has 19 heavy (non-hydrogen) atoms.